The SMILES string of the molecule is CC(COCCC=O)Nc1cn[nH]c(=O)c1C(F)(F)F. The first-order valence-corrected chi connectivity index (χ1v) is 5.79. The molecule has 2 N–H and O–H groups in total. The van der Waals surface area contributed by atoms with Crippen LogP contribution in [0.4, 0.5) is 18.9 Å². The number of carbonyl (C=O) groups excluding carboxylic acids is 1. The first-order chi connectivity index (χ1) is 9.36. The maximum atomic E-state index is 12.8. The summed E-state index contributed by atoms with van der Waals surface area (Å²) in [6.07, 6.45) is -2.99. The highest BCUT2D eigenvalue weighted by Crippen LogP contribution is 2.31. The standard InChI is InChI=1S/C11H14F3N3O3/c1-7(6-20-4-2-3-18)16-8-5-15-17-10(19)9(8)11(12,13)14/h3,5,7H,2,4,6H2,1H3,(H2,16,17,19). The van der Waals surface area contributed by atoms with Crippen molar-refractivity contribution in [2.24, 2.45) is 0 Å². The zero-order valence-corrected chi connectivity index (χ0v) is 10.7. The van der Waals surface area contributed by atoms with Gasteiger partial charge < -0.3 is 14.8 Å². The van der Waals surface area contributed by atoms with Gasteiger partial charge in [0.05, 0.1) is 25.1 Å². The average Bonchev–Trinajstić information content (AvgIpc) is 2.33. The van der Waals surface area contributed by atoms with E-state index in [9.17, 15) is 22.8 Å². The Morgan fingerprint density at radius 2 is 2.25 bits per heavy atom. The molecule has 1 heterocycles. The van der Waals surface area contributed by atoms with Crippen LogP contribution in [0.3, 0.4) is 0 Å². The van der Waals surface area contributed by atoms with Crippen LogP contribution in [0.25, 0.3) is 0 Å². The van der Waals surface area contributed by atoms with E-state index >= 15 is 0 Å². The number of hydrogen-bond donors (Lipinski definition) is 2. The Hall–Kier alpha value is -1.90. The highest BCUT2D eigenvalue weighted by atomic mass is 19.4. The van der Waals surface area contributed by atoms with Gasteiger partial charge in [-0.25, -0.2) is 5.10 Å². The van der Waals surface area contributed by atoms with Crippen molar-refractivity contribution < 1.29 is 22.7 Å². The minimum Gasteiger partial charge on any atom is -0.379 e. The van der Waals surface area contributed by atoms with Gasteiger partial charge in [0.25, 0.3) is 5.56 Å². The second-order valence-corrected chi connectivity index (χ2v) is 4.06. The number of halogens is 3. The monoisotopic (exact) mass is 293 g/mol. The highest BCUT2D eigenvalue weighted by molar-refractivity contribution is 5.50. The number of aromatic amines is 1. The Balaban J connectivity index is 2.75. The number of hydrogen-bond acceptors (Lipinski definition) is 5. The molecule has 112 valence electrons. The Bertz CT molecular complexity index is 502. The van der Waals surface area contributed by atoms with Gasteiger partial charge in [-0.2, -0.15) is 18.3 Å². The number of alkyl halides is 3. The van der Waals surface area contributed by atoms with Gasteiger partial charge in [0.2, 0.25) is 0 Å². The lowest BCUT2D eigenvalue weighted by Crippen LogP contribution is -2.29. The van der Waals surface area contributed by atoms with Crippen molar-refractivity contribution in [3.63, 3.8) is 0 Å². The molecule has 1 atom stereocenters. The van der Waals surface area contributed by atoms with E-state index in [2.05, 4.69) is 10.4 Å². The summed E-state index contributed by atoms with van der Waals surface area (Å²) in [4.78, 5) is 21.3. The smallest absolute Gasteiger partial charge is 0.379 e. The van der Waals surface area contributed by atoms with Crippen molar-refractivity contribution in [3.05, 3.63) is 22.1 Å². The topological polar surface area (TPSA) is 84.1 Å². The highest BCUT2D eigenvalue weighted by Gasteiger charge is 2.37. The summed E-state index contributed by atoms with van der Waals surface area (Å²) in [5.74, 6) is 0. The second kappa shape index (κ2) is 7.04. The van der Waals surface area contributed by atoms with E-state index < -0.39 is 29.0 Å². The van der Waals surface area contributed by atoms with E-state index in [0.29, 0.717) is 6.29 Å². The normalized spacial score (nSPS) is 13.0. The molecule has 1 aromatic heterocycles. The molecule has 0 aliphatic heterocycles. The van der Waals surface area contributed by atoms with Gasteiger partial charge in [0.15, 0.2) is 0 Å². The van der Waals surface area contributed by atoms with Crippen LogP contribution in [0.2, 0.25) is 0 Å². The Kier molecular flexibility index (Phi) is 5.68. The largest absolute Gasteiger partial charge is 0.423 e. The molecule has 0 spiro atoms. The first kappa shape index (κ1) is 16.2. The fraction of sp³-hybridized carbons (Fsp3) is 0.545. The van der Waals surface area contributed by atoms with E-state index in [1.165, 1.54) is 0 Å². The van der Waals surface area contributed by atoms with Crippen LogP contribution in [0, 0.1) is 0 Å². The van der Waals surface area contributed by atoms with Crippen molar-refractivity contribution in [1.82, 2.24) is 10.2 Å². The van der Waals surface area contributed by atoms with Crippen LogP contribution in [-0.2, 0) is 15.7 Å². The van der Waals surface area contributed by atoms with Gasteiger partial charge >= 0.3 is 6.18 Å². The van der Waals surface area contributed by atoms with Crippen molar-refractivity contribution in [1.29, 1.82) is 0 Å². The van der Waals surface area contributed by atoms with E-state index in [0.717, 1.165) is 6.20 Å². The lowest BCUT2D eigenvalue weighted by molar-refractivity contribution is -0.138. The molecule has 1 aromatic rings. The lowest BCUT2D eigenvalue weighted by atomic mass is 10.2. The molecule has 0 aromatic carbocycles. The second-order valence-electron chi connectivity index (χ2n) is 4.06. The fourth-order valence-corrected chi connectivity index (χ4v) is 1.49. The fourth-order valence-electron chi connectivity index (χ4n) is 1.49. The van der Waals surface area contributed by atoms with Gasteiger partial charge in [-0.15, -0.1) is 0 Å². The summed E-state index contributed by atoms with van der Waals surface area (Å²) < 4.78 is 43.3. The third kappa shape index (κ3) is 4.65. The molecule has 0 fully saturated rings. The van der Waals surface area contributed by atoms with E-state index in [-0.39, 0.29) is 19.6 Å². The minimum absolute atomic E-state index is 0.0952. The summed E-state index contributed by atoms with van der Waals surface area (Å²) in [7, 11) is 0. The van der Waals surface area contributed by atoms with Crippen molar-refractivity contribution in [2.75, 3.05) is 18.5 Å². The quantitative estimate of drug-likeness (QED) is 0.583. The number of nitrogens with one attached hydrogen (secondary N) is 2. The molecule has 0 saturated heterocycles. The molecular formula is C11H14F3N3O3. The summed E-state index contributed by atoms with van der Waals surface area (Å²) in [6, 6.07) is -0.480. The molecule has 1 unspecified atom stereocenters. The average molecular weight is 293 g/mol. The van der Waals surface area contributed by atoms with Gasteiger partial charge in [-0.3, -0.25) is 4.79 Å². The van der Waals surface area contributed by atoms with Crippen molar-refractivity contribution >= 4 is 12.0 Å². The van der Waals surface area contributed by atoms with Gasteiger partial charge in [-0.1, -0.05) is 0 Å². The number of aromatic nitrogens is 2. The predicted octanol–water partition coefficient (Wildman–Crippen LogP) is 1.19. The number of carbonyl (C=O) groups is 1. The lowest BCUT2D eigenvalue weighted by Gasteiger charge is -2.18. The summed E-state index contributed by atoms with van der Waals surface area (Å²) in [6.45, 7) is 1.87. The summed E-state index contributed by atoms with van der Waals surface area (Å²) >= 11 is 0. The molecule has 0 bridgehead atoms. The third-order valence-electron chi connectivity index (χ3n) is 2.29. The number of ether oxygens (including phenoxy) is 1. The maximum Gasteiger partial charge on any atom is 0.423 e. The molecule has 20 heavy (non-hydrogen) atoms. The van der Waals surface area contributed by atoms with Crippen molar-refractivity contribution in [3.8, 4) is 0 Å². The molecule has 0 amide bonds. The zero-order valence-electron chi connectivity index (χ0n) is 10.7. The molecule has 0 radical (unpaired) electrons. The van der Waals surface area contributed by atoms with Crippen LogP contribution >= 0.6 is 0 Å². The number of nitrogens with zero attached hydrogens (tertiary/aromatic N) is 1. The predicted molar refractivity (Wildman–Crippen MR) is 64.4 cm³/mol. The van der Waals surface area contributed by atoms with Gasteiger partial charge in [0, 0.05) is 12.5 Å². The molecule has 0 aliphatic rings. The minimum atomic E-state index is -4.78. The Labute approximate surface area is 112 Å². The van der Waals surface area contributed by atoms with Crippen LogP contribution in [0.15, 0.2) is 11.0 Å². The molecular weight excluding hydrogens is 279 g/mol. The molecule has 0 saturated carbocycles. The van der Waals surface area contributed by atoms with Gasteiger partial charge in [0.1, 0.15) is 11.8 Å². The van der Waals surface area contributed by atoms with Crippen molar-refractivity contribution in [2.45, 2.75) is 25.6 Å². The van der Waals surface area contributed by atoms with Crippen LogP contribution < -0.4 is 10.9 Å². The van der Waals surface area contributed by atoms with E-state index in [1.54, 1.807) is 12.0 Å². The first-order valence-electron chi connectivity index (χ1n) is 5.79. The summed E-state index contributed by atoms with van der Waals surface area (Å²) in [5, 5.41) is 7.60. The number of aldehydes is 1. The van der Waals surface area contributed by atoms with Gasteiger partial charge in [-0.05, 0) is 6.92 Å². The molecule has 1 rings (SSSR count). The number of rotatable bonds is 7. The number of H-pyrrole nitrogens is 1. The molecule has 9 heteroatoms. The van der Waals surface area contributed by atoms with Crippen LogP contribution in [-0.4, -0.2) is 35.7 Å². The third-order valence-corrected chi connectivity index (χ3v) is 2.29. The number of anilines is 1. The van der Waals surface area contributed by atoms with Crippen LogP contribution in [0.1, 0.15) is 18.9 Å². The molecule has 0 aliphatic carbocycles. The Morgan fingerprint density at radius 3 is 2.85 bits per heavy atom. The van der Waals surface area contributed by atoms with Crippen LogP contribution in [0.5, 0.6) is 0 Å². The van der Waals surface area contributed by atoms with E-state index in [1.807, 2.05) is 0 Å². The molecule has 6 nitrogen and oxygen atoms in total. The zero-order chi connectivity index (χ0) is 15.2. The van der Waals surface area contributed by atoms with E-state index in [4.69, 9.17) is 4.74 Å². The Morgan fingerprint density at radius 1 is 1.55 bits per heavy atom. The maximum absolute atomic E-state index is 12.8. The summed E-state index contributed by atoms with van der Waals surface area (Å²) in [5.41, 5.74) is -3.04.